The molecule has 20 heavy (non-hydrogen) atoms. The molecule has 0 radical (unpaired) electrons. The van der Waals surface area contributed by atoms with E-state index in [9.17, 15) is 16.8 Å². The predicted octanol–water partition coefficient (Wildman–Crippen LogP) is -0.157. The number of aromatic nitrogens is 1. The number of hydrogen-bond acceptors (Lipinski definition) is 7. The molecule has 8 nitrogen and oxygen atoms in total. The van der Waals surface area contributed by atoms with Crippen LogP contribution in [0.4, 0.5) is 5.82 Å². The predicted molar refractivity (Wildman–Crippen MR) is 79.3 cm³/mol. The van der Waals surface area contributed by atoms with Crippen molar-refractivity contribution < 1.29 is 16.8 Å². The number of nitrogen functional groups attached to an aromatic ring is 1. The van der Waals surface area contributed by atoms with E-state index >= 15 is 0 Å². The van der Waals surface area contributed by atoms with E-state index in [2.05, 4.69) is 31.1 Å². The van der Waals surface area contributed by atoms with Crippen LogP contribution < -0.4 is 16.0 Å². The SMILES string of the molecule is CS(=O)(=O)CCCNS(=O)(=O)c1cc(Br)cnc1NN. The number of halogens is 1. The minimum atomic E-state index is -3.82. The second-order valence-electron chi connectivity index (χ2n) is 4.03. The molecule has 0 aliphatic carbocycles. The minimum absolute atomic E-state index is 0.00353. The summed E-state index contributed by atoms with van der Waals surface area (Å²) in [6.45, 7) is 0.00588. The van der Waals surface area contributed by atoms with Gasteiger partial charge in [0.1, 0.15) is 14.7 Å². The molecular weight excluding hydrogens is 372 g/mol. The number of sulfone groups is 1. The highest BCUT2D eigenvalue weighted by atomic mass is 79.9. The van der Waals surface area contributed by atoms with Crippen molar-refractivity contribution in [3.8, 4) is 0 Å². The summed E-state index contributed by atoms with van der Waals surface area (Å²) in [5, 5.41) is 0. The lowest BCUT2D eigenvalue weighted by molar-refractivity contribution is 0.577. The third-order valence-corrected chi connectivity index (χ3v) is 5.17. The summed E-state index contributed by atoms with van der Waals surface area (Å²) in [5.41, 5.74) is 2.20. The minimum Gasteiger partial charge on any atom is -0.307 e. The molecule has 0 saturated carbocycles. The van der Waals surface area contributed by atoms with Crippen molar-refractivity contribution in [2.45, 2.75) is 11.3 Å². The maximum Gasteiger partial charge on any atom is 0.244 e. The van der Waals surface area contributed by atoms with Crippen molar-refractivity contribution in [1.82, 2.24) is 9.71 Å². The number of nitrogens with zero attached hydrogens (tertiary/aromatic N) is 1. The Bertz CT molecular complexity index is 675. The summed E-state index contributed by atoms with van der Waals surface area (Å²) in [4.78, 5) is 3.72. The van der Waals surface area contributed by atoms with E-state index in [1.54, 1.807) is 0 Å². The van der Waals surface area contributed by atoms with Crippen LogP contribution in [0.2, 0.25) is 0 Å². The van der Waals surface area contributed by atoms with Gasteiger partial charge in [-0.2, -0.15) is 0 Å². The Morgan fingerprint density at radius 2 is 2.00 bits per heavy atom. The van der Waals surface area contributed by atoms with Gasteiger partial charge in [0.25, 0.3) is 0 Å². The van der Waals surface area contributed by atoms with Crippen LogP contribution in [0.25, 0.3) is 0 Å². The number of nitrogens with two attached hydrogens (primary N) is 1. The second kappa shape index (κ2) is 6.80. The van der Waals surface area contributed by atoms with Crippen LogP contribution in [0.5, 0.6) is 0 Å². The van der Waals surface area contributed by atoms with Gasteiger partial charge in [-0.25, -0.2) is 32.4 Å². The molecule has 11 heteroatoms. The number of hydrazine groups is 1. The number of sulfonamides is 1. The molecule has 0 fully saturated rings. The average Bonchev–Trinajstić information content (AvgIpc) is 2.33. The van der Waals surface area contributed by atoms with Crippen LogP contribution >= 0.6 is 15.9 Å². The Morgan fingerprint density at radius 1 is 1.35 bits per heavy atom. The molecule has 0 spiro atoms. The van der Waals surface area contributed by atoms with Crippen LogP contribution in [-0.4, -0.2) is 40.4 Å². The smallest absolute Gasteiger partial charge is 0.244 e. The Labute approximate surface area is 126 Å². The normalized spacial score (nSPS) is 12.3. The van der Waals surface area contributed by atoms with Gasteiger partial charge in [0.05, 0.1) is 5.75 Å². The van der Waals surface area contributed by atoms with Crippen LogP contribution in [0.1, 0.15) is 6.42 Å². The zero-order valence-electron chi connectivity index (χ0n) is 10.6. The van der Waals surface area contributed by atoms with E-state index in [4.69, 9.17) is 5.84 Å². The van der Waals surface area contributed by atoms with Crippen molar-refractivity contribution in [3.63, 3.8) is 0 Å². The van der Waals surface area contributed by atoms with Gasteiger partial charge in [0, 0.05) is 23.5 Å². The molecule has 4 N–H and O–H groups in total. The second-order valence-corrected chi connectivity index (χ2v) is 8.94. The highest BCUT2D eigenvalue weighted by molar-refractivity contribution is 9.10. The van der Waals surface area contributed by atoms with E-state index in [0.717, 1.165) is 6.26 Å². The van der Waals surface area contributed by atoms with Gasteiger partial charge in [-0.3, -0.25) is 0 Å². The zero-order valence-corrected chi connectivity index (χ0v) is 13.8. The molecule has 1 aromatic rings. The Morgan fingerprint density at radius 3 is 2.55 bits per heavy atom. The number of rotatable bonds is 7. The van der Waals surface area contributed by atoms with Gasteiger partial charge in [0.2, 0.25) is 10.0 Å². The van der Waals surface area contributed by atoms with Crippen molar-refractivity contribution in [1.29, 1.82) is 0 Å². The number of hydrogen-bond donors (Lipinski definition) is 3. The molecule has 0 saturated heterocycles. The molecule has 1 aromatic heterocycles. The van der Waals surface area contributed by atoms with Gasteiger partial charge in [-0.05, 0) is 28.4 Å². The lowest BCUT2D eigenvalue weighted by atomic mass is 10.5. The average molecular weight is 387 g/mol. The number of pyridine rings is 1. The Hall–Kier alpha value is -0.750. The van der Waals surface area contributed by atoms with Crippen LogP contribution in [-0.2, 0) is 19.9 Å². The summed E-state index contributed by atoms with van der Waals surface area (Å²) in [7, 11) is -6.94. The quantitative estimate of drug-likeness (QED) is 0.337. The largest absolute Gasteiger partial charge is 0.307 e. The van der Waals surface area contributed by atoms with E-state index < -0.39 is 19.9 Å². The lowest BCUT2D eigenvalue weighted by Gasteiger charge is -2.10. The molecule has 1 rings (SSSR count). The third kappa shape index (κ3) is 5.32. The third-order valence-electron chi connectivity index (χ3n) is 2.23. The fourth-order valence-corrected chi connectivity index (χ4v) is 3.72. The van der Waals surface area contributed by atoms with Crippen molar-refractivity contribution in [2.75, 3.05) is 24.0 Å². The molecular formula is C9H15BrN4O4S2. The summed E-state index contributed by atoms with van der Waals surface area (Å²) in [6, 6.07) is 1.35. The monoisotopic (exact) mass is 386 g/mol. The van der Waals surface area contributed by atoms with E-state index in [0.29, 0.717) is 4.47 Å². The first kappa shape index (κ1) is 17.3. The fourth-order valence-electron chi connectivity index (χ4n) is 1.35. The van der Waals surface area contributed by atoms with Gasteiger partial charge >= 0.3 is 0 Å². The van der Waals surface area contributed by atoms with Crippen molar-refractivity contribution in [2.24, 2.45) is 5.84 Å². The van der Waals surface area contributed by atoms with Gasteiger partial charge in [-0.1, -0.05) is 0 Å². The first-order valence-electron chi connectivity index (χ1n) is 5.45. The molecule has 0 amide bonds. The van der Waals surface area contributed by atoms with Crippen molar-refractivity contribution in [3.05, 3.63) is 16.7 Å². The Balaban J connectivity index is 2.81. The Kier molecular flexibility index (Phi) is 5.89. The zero-order chi connectivity index (χ0) is 15.4. The van der Waals surface area contributed by atoms with Crippen LogP contribution in [0.3, 0.4) is 0 Å². The van der Waals surface area contributed by atoms with Crippen molar-refractivity contribution >= 4 is 41.6 Å². The van der Waals surface area contributed by atoms with Crippen LogP contribution in [0, 0.1) is 0 Å². The number of nitrogens with one attached hydrogen (secondary N) is 2. The number of anilines is 1. The summed E-state index contributed by atoms with van der Waals surface area (Å²) in [5.74, 6) is 5.12. The topological polar surface area (TPSA) is 131 Å². The molecule has 0 unspecified atom stereocenters. The van der Waals surface area contributed by atoms with Gasteiger partial charge in [0.15, 0.2) is 5.82 Å². The summed E-state index contributed by atoms with van der Waals surface area (Å²) < 4.78 is 48.8. The lowest BCUT2D eigenvalue weighted by Crippen LogP contribution is -2.27. The molecule has 114 valence electrons. The van der Waals surface area contributed by atoms with E-state index in [1.807, 2.05) is 0 Å². The maximum absolute atomic E-state index is 12.1. The standard InChI is InChI=1S/C9H15BrN4O4S2/c1-19(15,16)4-2-3-13-20(17,18)8-5-7(10)6-12-9(8)14-11/h5-6,13H,2-4,11H2,1H3,(H,12,14). The summed E-state index contributed by atoms with van der Waals surface area (Å²) >= 11 is 3.12. The highest BCUT2D eigenvalue weighted by Crippen LogP contribution is 2.21. The maximum atomic E-state index is 12.1. The highest BCUT2D eigenvalue weighted by Gasteiger charge is 2.19. The first-order chi connectivity index (χ1) is 9.15. The van der Waals surface area contributed by atoms with Crippen LogP contribution in [0.15, 0.2) is 21.6 Å². The molecule has 1 heterocycles. The van der Waals surface area contributed by atoms with E-state index in [1.165, 1.54) is 12.3 Å². The molecule has 0 atom stereocenters. The molecule has 0 aliphatic heterocycles. The molecule has 0 aromatic carbocycles. The van der Waals surface area contributed by atoms with Gasteiger partial charge < -0.3 is 5.43 Å². The first-order valence-corrected chi connectivity index (χ1v) is 9.79. The molecule has 0 bridgehead atoms. The van der Waals surface area contributed by atoms with Gasteiger partial charge in [-0.15, -0.1) is 0 Å². The molecule has 0 aliphatic rings. The fraction of sp³-hybridized carbons (Fsp3) is 0.444. The summed E-state index contributed by atoms with van der Waals surface area (Å²) in [6.07, 6.45) is 2.68. The van der Waals surface area contributed by atoms with E-state index in [-0.39, 0.29) is 29.4 Å².